The van der Waals surface area contributed by atoms with Gasteiger partial charge in [-0.3, -0.25) is 4.79 Å². The van der Waals surface area contributed by atoms with Crippen LogP contribution in [0.4, 0.5) is 0 Å². The molecule has 0 amide bonds. The predicted octanol–water partition coefficient (Wildman–Crippen LogP) is 4.60. The number of ketones is 1. The SMILES string of the molecule is CC(CC(=O)CC1CCCC1)CC(C)(C)C. The molecule has 1 atom stereocenters. The van der Waals surface area contributed by atoms with Crippen molar-refractivity contribution in [1.29, 1.82) is 0 Å². The van der Waals surface area contributed by atoms with Gasteiger partial charge >= 0.3 is 0 Å². The fourth-order valence-corrected chi connectivity index (χ4v) is 3.13. The first-order valence-electron chi connectivity index (χ1n) is 6.88. The fraction of sp³-hybridized carbons (Fsp3) is 0.933. The highest BCUT2D eigenvalue weighted by atomic mass is 16.1. The molecule has 16 heavy (non-hydrogen) atoms. The minimum Gasteiger partial charge on any atom is -0.300 e. The van der Waals surface area contributed by atoms with E-state index in [-0.39, 0.29) is 0 Å². The summed E-state index contributed by atoms with van der Waals surface area (Å²) in [6.07, 6.45) is 8.08. The zero-order valence-corrected chi connectivity index (χ0v) is 11.5. The van der Waals surface area contributed by atoms with Crippen molar-refractivity contribution < 1.29 is 4.79 Å². The quantitative estimate of drug-likeness (QED) is 0.667. The average molecular weight is 224 g/mol. The number of carbonyl (C=O) groups excluding carboxylic acids is 1. The van der Waals surface area contributed by atoms with Crippen molar-refractivity contribution in [3.8, 4) is 0 Å². The largest absolute Gasteiger partial charge is 0.300 e. The summed E-state index contributed by atoms with van der Waals surface area (Å²) < 4.78 is 0. The predicted molar refractivity (Wildman–Crippen MR) is 69.4 cm³/mol. The summed E-state index contributed by atoms with van der Waals surface area (Å²) in [5.41, 5.74) is 0.354. The van der Waals surface area contributed by atoms with Crippen molar-refractivity contribution in [2.75, 3.05) is 0 Å². The van der Waals surface area contributed by atoms with Gasteiger partial charge in [-0.2, -0.15) is 0 Å². The topological polar surface area (TPSA) is 17.1 Å². The molecule has 1 unspecified atom stereocenters. The van der Waals surface area contributed by atoms with Gasteiger partial charge in [-0.15, -0.1) is 0 Å². The Hall–Kier alpha value is -0.330. The van der Waals surface area contributed by atoms with Gasteiger partial charge in [-0.25, -0.2) is 0 Å². The van der Waals surface area contributed by atoms with Gasteiger partial charge < -0.3 is 0 Å². The van der Waals surface area contributed by atoms with Crippen LogP contribution in [0.1, 0.15) is 72.6 Å². The first-order valence-corrected chi connectivity index (χ1v) is 6.88. The molecule has 1 fully saturated rings. The van der Waals surface area contributed by atoms with Gasteiger partial charge in [0.25, 0.3) is 0 Å². The number of hydrogen-bond donors (Lipinski definition) is 0. The molecule has 0 aromatic rings. The lowest BCUT2D eigenvalue weighted by molar-refractivity contribution is -0.120. The highest BCUT2D eigenvalue weighted by Crippen LogP contribution is 2.30. The Labute approximate surface area is 101 Å². The van der Waals surface area contributed by atoms with E-state index in [1.54, 1.807) is 0 Å². The van der Waals surface area contributed by atoms with Crippen LogP contribution in [-0.4, -0.2) is 5.78 Å². The molecule has 0 saturated heterocycles. The molecule has 1 aliphatic carbocycles. The molecule has 0 heterocycles. The van der Waals surface area contributed by atoms with E-state index >= 15 is 0 Å². The Kier molecular flexibility index (Phi) is 5.01. The minimum atomic E-state index is 0.354. The smallest absolute Gasteiger partial charge is 0.133 e. The monoisotopic (exact) mass is 224 g/mol. The summed E-state index contributed by atoms with van der Waals surface area (Å²) in [6, 6.07) is 0. The molecule has 1 nitrogen and oxygen atoms in total. The number of Topliss-reactive ketones (excluding diaryl/α,β-unsaturated/α-hetero) is 1. The van der Waals surface area contributed by atoms with E-state index in [9.17, 15) is 4.79 Å². The second-order valence-electron chi connectivity index (χ2n) is 6.97. The summed E-state index contributed by atoms with van der Waals surface area (Å²) in [5.74, 6) is 1.77. The van der Waals surface area contributed by atoms with Crippen molar-refractivity contribution in [1.82, 2.24) is 0 Å². The molecule has 0 radical (unpaired) electrons. The lowest BCUT2D eigenvalue weighted by Crippen LogP contribution is -2.15. The van der Waals surface area contributed by atoms with Crippen molar-refractivity contribution in [2.24, 2.45) is 17.3 Å². The second kappa shape index (κ2) is 5.84. The molecule has 1 heteroatoms. The molecule has 1 aliphatic rings. The zero-order chi connectivity index (χ0) is 12.2. The van der Waals surface area contributed by atoms with Crippen LogP contribution in [0, 0.1) is 17.3 Å². The normalized spacial score (nSPS) is 20.0. The van der Waals surface area contributed by atoms with Crippen LogP contribution in [0.3, 0.4) is 0 Å². The van der Waals surface area contributed by atoms with E-state index in [0.29, 0.717) is 23.0 Å². The Balaban J connectivity index is 2.22. The maximum Gasteiger partial charge on any atom is 0.133 e. The zero-order valence-electron chi connectivity index (χ0n) is 11.5. The van der Waals surface area contributed by atoms with Gasteiger partial charge in [0.15, 0.2) is 0 Å². The minimum absolute atomic E-state index is 0.354. The van der Waals surface area contributed by atoms with E-state index in [4.69, 9.17) is 0 Å². The van der Waals surface area contributed by atoms with E-state index in [2.05, 4.69) is 27.7 Å². The van der Waals surface area contributed by atoms with Gasteiger partial charge in [0.1, 0.15) is 5.78 Å². The molecule has 1 rings (SSSR count). The first kappa shape index (κ1) is 13.7. The van der Waals surface area contributed by atoms with E-state index < -0.39 is 0 Å². The lowest BCUT2D eigenvalue weighted by atomic mass is 9.82. The van der Waals surface area contributed by atoms with Crippen LogP contribution in [0.25, 0.3) is 0 Å². The van der Waals surface area contributed by atoms with Crippen LogP contribution in [0.5, 0.6) is 0 Å². The standard InChI is InChI=1S/C15H28O/c1-12(11-15(2,3)4)9-14(16)10-13-7-5-6-8-13/h12-13H,5-11H2,1-4H3. The molecule has 1 saturated carbocycles. The lowest BCUT2D eigenvalue weighted by Gasteiger charge is -2.23. The van der Waals surface area contributed by atoms with Gasteiger partial charge in [0, 0.05) is 12.8 Å². The van der Waals surface area contributed by atoms with Crippen LogP contribution in [-0.2, 0) is 4.79 Å². The number of carbonyl (C=O) groups is 1. The molecular weight excluding hydrogens is 196 g/mol. The van der Waals surface area contributed by atoms with E-state index in [1.165, 1.54) is 25.7 Å². The molecule has 0 N–H and O–H groups in total. The molecule has 94 valence electrons. The third-order valence-corrected chi connectivity index (χ3v) is 3.53. The Morgan fingerprint density at radius 3 is 2.31 bits per heavy atom. The second-order valence-corrected chi connectivity index (χ2v) is 6.97. The highest BCUT2D eigenvalue weighted by molar-refractivity contribution is 5.78. The van der Waals surface area contributed by atoms with Crippen LogP contribution < -0.4 is 0 Å². The van der Waals surface area contributed by atoms with Crippen LogP contribution in [0.15, 0.2) is 0 Å². The van der Waals surface area contributed by atoms with E-state index in [1.807, 2.05) is 0 Å². The summed E-state index contributed by atoms with van der Waals surface area (Å²) >= 11 is 0. The maximum atomic E-state index is 11.9. The first-order chi connectivity index (χ1) is 7.37. The van der Waals surface area contributed by atoms with E-state index in [0.717, 1.165) is 19.3 Å². The summed E-state index contributed by atoms with van der Waals surface area (Å²) in [7, 11) is 0. The molecule has 0 spiro atoms. The van der Waals surface area contributed by atoms with Crippen molar-refractivity contribution in [3.63, 3.8) is 0 Å². The summed E-state index contributed by atoms with van der Waals surface area (Å²) in [5, 5.41) is 0. The number of rotatable bonds is 5. The van der Waals surface area contributed by atoms with Gasteiger partial charge in [0.2, 0.25) is 0 Å². The molecule has 0 bridgehead atoms. The average Bonchev–Trinajstić information content (AvgIpc) is 2.51. The molecule has 0 aromatic heterocycles. The number of hydrogen-bond acceptors (Lipinski definition) is 1. The molecule has 0 aromatic carbocycles. The highest BCUT2D eigenvalue weighted by Gasteiger charge is 2.21. The Morgan fingerprint density at radius 2 is 1.81 bits per heavy atom. The third kappa shape index (κ3) is 5.67. The van der Waals surface area contributed by atoms with Gasteiger partial charge in [-0.05, 0) is 23.7 Å². The van der Waals surface area contributed by atoms with Crippen molar-refractivity contribution in [3.05, 3.63) is 0 Å². The van der Waals surface area contributed by atoms with Crippen LogP contribution >= 0.6 is 0 Å². The summed E-state index contributed by atoms with van der Waals surface area (Å²) in [6.45, 7) is 8.98. The van der Waals surface area contributed by atoms with Crippen molar-refractivity contribution in [2.45, 2.75) is 72.6 Å². The molecule has 0 aliphatic heterocycles. The van der Waals surface area contributed by atoms with Crippen molar-refractivity contribution >= 4 is 5.78 Å². The summed E-state index contributed by atoms with van der Waals surface area (Å²) in [4.78, 5) is 11.9. The van der Waals surface area contributed by atoms with Gasteiger partial charge in [-0.1, -0.05) is 53.4 Å². The Bertz CT molecular complexity index is 218. The maximum absolute atomic E-state index is 11.9. The third-order valence-electron chi connectivity index (χ3n) is 3.53. The van der Waals surface area contributed by atoms with Crippen LogP contribution in [0.2, 0.25) is 0 Å². The molecular formula is C15H28O. The van der Waals surface area contributed by atoms with Gasteiger partial charge in [0.05, 0.1) is 0 Å². The fourth-order valence-electron chi connectivity index (χ4n) is 3.13. The Morgan fingerprint density at radius 1 is 1.25 bits per heavy atom.